The van der Waals surface area contributed by atoms with Crippen molar-refractivity contribution >= 4 is 23.6 Å². The second-order valence-electron chi connectivity index (χ2n) is 21.2. The molecule has 0 saturated heterocycles. The predicted molar refractivity (Wildman–Crippen MR) is 304 cm³/mol. The summed E-state index contributed by atoms with van der Waals surface area (Å²) >= 11 is 0. The minimum Gasteiger partial charge on any atom is -0.0654 e. The fraction of sp³-hybridized carbons (Fsp3) is 0.537. The summed E-state index contributed by atoms with van der Waals surface area (Å²) in [4.78, 5) is 0. The molecule has 0 aromatic heterocycles. The first-order valence-electron chi connectivity index (χ1n) is 29.0. The number of hydrogen-bond acceptors (Lipinski definition) is 0. The average Bonchev–Trinajstić information content (AvgIpc) is 3.69. The monoisotopic (exact) mass is 928 g/mol. The Bertz CT molecular complexity index is 1900. The third kappa shape index (κ3) is 14.7. The molecule has 6 rings (SSSR count). The van der Waals surface area contributed by atoms with Crippen LogP contribution in [0.5, 0.6) is 0 Å². The highest BCUT2D eigenvalue weighted by atomic mass is 28.3. The van der Waals surface area contributed by atoms with Gasteiger partial charge in [0.05, 0.1) is 0 Å². The molecule has 1 aliphatic rings. The maximum Gasteiger partial charge on any atom is 0.164 e. The lowest BCUT2D eigenvalue weighted by Crippen LogP contribution is -2.71. The lowest BCUT2D eigenvalue weighted by molar-refractivity contribution is 0.661. The van der Waals surface area contributed by atoms with Crippen LogP contribution in [0.1, 0.15) is 240 Å². The number of unbranched alkanes of at least 4 members (excludes halogenated alkanes) is 18. The molecule has 0 aliphatic heterocycles. The molecule has 0 amide bonds. The number of hydrogen-bond donors (Lipinski definition) is 0. The Kier molecular flexibility index (Phi) is 23.3. The van der Waals surface area contributed by atoms with Gasteiger partial charge in [0, 0.05) is 5.54 Å². The van der Waals surface area contributed by atoms with Gasteiger partial charge in [0.2, 0.25) is 0 Å². The van der Waals surface area contributed by atoms with E-state index in [1.807, 2.05) is 0 Å². The van der Waals surface area contributed by atoms with E-state index < -0.39 is 8.07 Å². The smallest absolute Gasteiger partial charge is 0.0654 e. The molecule has 0 heterocycles. The highest BCUT2D eigenvalue weighted by Gasteiger charge is 2.52. The summed E-state index contributed by atoms with van der Waals surface area (Å²) in [7, 11) is -3.09. The molecule has 1 radical (unpaired) electrons. The summed E-state index contributed by atoms with van der Waals surface area (Å²) in [6.45, 7) is 14.1. The van der Waals surface area contributed by atoms with Crippen molar-refractivity contribution in [2.75, 3.05) is 0 Å². The van der Waals surface area contributed by atoms with E-state index in [4.69, 9.17) is 0 Å². The zero-order valence-corrected chi connectivity index (χ0v) is 45.5. The van der Waals surface area contributed by atoms with Crippen molar-refractivity contribution in [3.8, 4) is 11.1 Å². The molecule has 0 spiro atoms. The van der Waals surface area contributed by atoms with Crippen LogP contribution in [0.4, 0.5) is 0 Å². The lowest BCUT2D eigenvalue weighted by Gasteiger charge is -2.41. The maximum atomic E-state index is 2.80. The van der Waals surface area contributed by atoms with E-state index in [1.165, 1.54) is 215 Å². The van der Waals surface area contributed by atoms with E-state index in [1.54, 1.807) is 54.5 Å². The van der Waals surface area contributed by atoms with Crippen LogP contribution in [0.2, 0.25) is 0 Å². The molecule has 0 N–H and O–H groups in total. The van der Waals surface area contributed by atoms with Gasteiger partial charge >= 0.3 is 0 Å². The summed E-state index contributed by atoms with van der Waals surface area (Å²) in [5.74, 6) is 0. The first kappa shape index (κ1) is 53.7. The van der Waals surface area contributed by atoms with Crippen molar-refractivity contribution in [3.63, 3.8) is 0 Å². The highest BCUT2D eigenvalue weighted by Crippen LogP contribution is 2.48. The van der Waals surface area contributed by atoms with Crippen molar-refractivity contribution in [2.24, 2.45) is 0 Å². The molecule has 68 heavy (non-hydrogen) atoms. The fourth-order valence-electron chi connectivity index (χ4n) is 11.7. The highest BCUT2D eigenvalue weighted by molar-refractivity contribution is 7.16. The molecular weight excluding hydrogens is 833 g/mol. The van der Waals surface area contributed by atoms with Crippen molar-refractivity contribution in [3.05, 3.63) is 153 Å². The van der Waals surface area contributed by atoms with Gasteiger partial charge in [-0.3, -0.25) is 0 Å². The third-order valence-electron chi connectivity index (χ3n) is 15.4. The van der Waals surface area contributed by atoms with Crippen molar-refractivity contribution in [1.29, 1.82) is 0 Å². The van der Waals surface area contributed by atoms with Gasteiger partial charge in [-0.2, -0.15) is 0 Å². The Morgan fingerprint density at radius 1 is 0.250 bits per heavy atom. The molecular formula is C67H95Si. The quantitative estimate of drug-likeness (QED) is 0.0219. The van der Waals surface area contributed by atoms with Gasteiger partial charge in [-0.15, -0.1) is 0 Å². The molecule has 0 nitrogen and oxygen atoms in total. The largest absolute Gasteiger partial charge is 0.164 e. The van der Waals surface area contributed by atoms with Gasteiger partial charge in [-0.05, 0) is 148 Å². The average molecular weight is 929 g/mol. The summed E-state index contributed by atoms with van der Waals surface area (Å²) in [6.07, 6.45) is 38.2. The third-order valence-corrected chi connectivity index (χ3v) is 20.2. The zero-order valence-electron chi connectivity index (χ0n) is 44.5. The summed E-state index contributed by atoms with van der Waals surface area (Å²) < 4.78 is 0. The van der Waals surface area contributed by atoms with Gasteiger partial charge in [-0.1, -0.05) is 260 Å². The summed E-state index contributed by atoms with van der Waals surface area (Å²) in [6, 6.07) is 44.0. The number of fused-ring (bicyclic) bond motifs is 3. The second-order valence-corrected chi connectivity index (χ2v) is 24.9. The molecule has 0 fully saturated rings. The first-order valence-corrected chi connectivity index (χ1v) is 31.0. The van der Waals surface area contributed by atoms with Gasteiger partial charge in [0.15, 0.2) is 8.07 Å². The second kappa shape index (κ2) is 29.5. The van der Waals surface area contributed by atoms with Crippen molar-refractivity contribution < 1.29 is 0 Å². The molecule has 5 aromatic carbocycles. The van der Waals surface area contributed by atoms with Crippen LogP contribution in [0.15, 0.2) is 103 Å². The molecule has 5 aromatic rings. The standard InChI is InChI=1S/C67H95Si/c1-7-13-19-25-35-54-45-55(36-26-20-14-8-2)49-60(48-54)68(67-65-43-33-31-41-63(65)64-42-32-34-44-66(64)67,61-50-56(37-27-21-15-9-3)46-57(51-61)38-28-22-16-10-4)62-52-58(39-29-23-17-11-5)47-59(53-62)40-30-24-18-12-6/h31-34,41-53H,7-30,35-40H2,1-6H3. The Labute approximate surface area is 420 Å². The maximum absolute atomic E-state index is 3.09. The van der Waals surface area contributed by atoms with E-state index in [2.05, 4.69) is 145 Å². The molecule has 0 atom stereocenters. The normalized spacial score (nSPS) is 12.5. The topological polar surface area (TPSA) is 0 Å². The lowest BCUT2D eigenvalue weighted by atomic mass is 10.00. The molecule has 1 aliphatic carbocycles. The Hall–Kier alpha value is -3.68. The van der Waals surface area contributed by atoms with E-state index in [0.717, 1.165) is 0 Å². The van der Waals surface area contributed by atoms with Crippen LogP contribution in [0.3, 0.4) is 0 Å². The van der Waals surface area contributed by atoms with Crippen LogP contribution in [-0.2, 0) is 38.5 Å². The van der Waals surface area contributed by atoms with Crippen LogP contribution in [0, 0.1) is 5.54 Å². The zero-order chi connectivity index (χ0) is 47.8. The predicted octanol–water partition coefficient (Wildman–Crippen LogP) is 18.1. The fourth-order valence-corrected chi connectivity index (χ4v) is 17.2. The van der Waals surface area contributed by atoms with E-state index >= 15 is 0 Å². The van der Waals surface area contributed by atoms with Crippen LogP contribution >= 0.6 is 0 Å². The van der Waals surface area contributed by atoms with E-state index in [9.17, 15) is 0 Å². The van der Waals surface area contributed by atoms with Gasteiger partial charge in [-0.25, -0.2) is 0 Å². The SMILES string of the molecule is CCCCCCc1cc(CCCCCC)cc([Si]([C]2c3ccccc3-c3ccccc32)(c2cc(CCCCCC)cc(CCCCCC)c2)c2cc(CCCCCC)cc(CCCCCC)c2)c1. The molecule has 367 valence electrons. The van der Waals surface area contributed by atoms with Crippen LogP contribution < -0.4 is 15.6 Å². The number of rotatable bonds is 34. The minimum absolute atomic E-state index is 1.17. The number of benzene rings is 5. The summed E-state index contributed by atoms with van der Waals surface area (Å²) in [5, 5.41) is 4.91. The van der Waals surface area contributed by atoms with Crippen LogP contribution in [-0.4, -0.2) is 8.07 Å². The summed E-state index contributed by atoms with van der Waals surface area (Å²) in [5.41, 5.74) is 16.9. The first-order chi connectivity index (χ1) is 33.5. The Balaban J connectivity index is 1.74. The molecule has 0 saturated carbocycles. The molecule has 0 bridgehead atoms. The van der Waals surface area contributed by atoms with E-state index in [-0.39, 0.29) is 0 Å². The Morgan fingerprint density at radius 2 is 0.471 bits per heavy atom. The molecule has 1 heteroatoms. The number of aryl methyl sites for hydroxylation is 6. The Morgan fingerprint density at radius 3 is 0.691 bits per heavy atom. The van der Waals surface area contributed by atoms with E-state index in [0.29, 0.717) is 0 Å². The minimum atomic E-state index is -3.09. The van der Waals surface area contributed by atoms with Crippen LogP contribution in [0.25, 0.3) is 11.1 Å². The van der Waals surface area contributed by atoms with Crippen molar-refractivity contribution in [2.45, 2.75) is 234 Å². The van der Waals surface area contributed by atoms with Gasteiger partial charge < -0.3 is 0 Å². The van der Waals surface area contributed by atoms with Gasteiger partial charge in [0.25, 0.3) is 0 Å². The molecule has 0 unspecified atom stereocenters. The van der Waals surface area contributed by atoms with Gasteiger partial charge in [0.1, 0.15) is 0 Å². The van der Waals surface area contributed by atoms with Crippen molar-refractivity contribution in [1.82, 2.24) is 0 Å².